The van der Waals surface area contributed by atoms with Crippen LogP contribution in [0.5, 0.6) is 0 Å². The normalized spacial score (nSPS) is 15.7. The van der Waals surface area contributed by atoms with Crippen LogP contribution < -0.4 is 10.6 Å². The molecular formula is C25H29ClN2O4S. The van der Waals surface area contributed by atoms with Crippen LogP contribution in [0.25, 0.3) is 0 Å². The van der Waals surface area contributed by atoms with Crippen LogP contribution in [0.15, 0.2) is 24.3 Å². The standard InChI is InChI=1S/C25H29ClN2O4S/c26-17-10-12-18(13-11-17)27-24(31)23-19-7-3-4-8-20(19)33-25(23)28-21(29)15-32-22(30)14-9-16-5-1-2-6-16/h10-13,16H,1-9,14-15H2,(H,27,31)(H,28,29). The molecule has 2 aliphatic rings. The Labute approximate surface area is 203 Å². The molecule has 1 fully saturated rings. The number of thiophene rings is 1. The van der Waals surface area contributed by atoms with E-state index in [1.54, 1.807) is 24.3 Å². The largest absolute Gasteiger partial charge is 0.456 e. The minimum Gasteiger partial charge on any atom is -0.456 e. The zero-order chi connectivity index (χ0) is 23.2. The molecule has 2 aliphatic carbocycles. The quantitative estimate of drug-likeness (QED) is 0.447. The van der Waals surface area contributed by atoms with E-state index in [9.17, 15) is 14.4 Å². The van der Waals surface area contributed by atoms with Crippen molar-refractivity contribution in [3.8, 4) is 0 Å². The summed E-state index contributed by atoms with van der Waals surface area (Å²) in [5.41, 5.74) is 2.14. The molecule has 1 heterocycles. The van der Waals surface area contributed by atoms with Crippen LogP contribution in [0.1, 0.15) is 72.2 Å². The summed E-state index contributed by atoms with van der Waals surface area (Å²) in [6, 6.07) is 6.90. The number of fused-ring (bicyclic) bond motifs is 1. The van der Waals surface area contributed by atoms with Gasteiger partial charge >= 0.3 is 5.97 Å². The Bertz CT molecular complexity index is 1010. The fraction of sp³-hybridized carbons (Fsp3) is 0.480. The van der Waals surface area contributed by atoms with Gasteiger partial charge in [-0.1, -0.05) is 37.3 Å². The smallest absolute Gasteiger partial charge is 0.306 e. The lowest BCUT2D eigenvalue weighted by Crippen LogP contribution is -2.23. The second kappa shape index (κ2) is 11.2. The third-order valence-electron chi connectivity index (χ3n) is 6.35. The molecule has 1 saturated carbocycles. The molecule has 1 aromatic carbocycles. The van der Waals surface area contributed by atoms with E-state index in [1.165, 1.54) is 37.0 Å². The van der Waals surface area contributed by atoms with Gasteiger partial charge in [0.1, 0.15) is 5.00 Å². The van der Waals surface area contributed by atoms with Crippen LogP contribution in [-0.4, -0.2) is 24.4 Å². The lowest BCUT2D eigenvalue weighted by Gasteiger charge is -2.13. The number of aryl methyl sites for hydroxylation is 1. The van der Waals surface area contributed by atoms with E-state index in [1.807, 2.05) is 0 Å². The molecule has 0 aliphatic heterocycles. The summed E-state index contributed by atoms with van der Waals surface area (Å²) in [5.74, 6) is -0.433. The molecule has 1 aromatic heterocycles. The second-order valence-electron chi connectivity index (χ2n) is 8.77. The summed E-state index contributed by atoms with van der Waals surface area (Å²) < 4.78 is 5.19. The molecule has 2 N–H and O–H groups in total. The highest BCUT2D eigenvalue weighted by atomic mass is 35.5. The van der Waals surface area contributed by atoms with Gasteiger partial charge in [0.2, 0.25) is 0 Å². The van der Waals surface area contributed by atoms with Crippen LogP contribution in [0.2, 0.25) is 5.02 Å². The van der Waals surface area contributed by atoms with E-state index in [-0.39, 0.29) is 18.5 Å². The Kier molecular flexibility index (Phi) is 8.04. The SMILES string of the molecule is O=C(COC(=O)CCC1CCCC1)Nc1sc2c(c1C(=O)Nc1ccc(Cl)cc1)CCCC2. The predicted molar refractivity (Wildman–Crippen MR) is 131 cm³/mol. The van der Waals surface area contributed by atoms with Gasteiger partial charge in [-0.15, -0.1) is 11.3 Å². The number of esters is 1. The van der Waals surface area contributed by atoms with Crippen molar-refractivity contribution in [3.63, 3.8) is 0 Å². The van der Waals surface area contributed by atoms with Crippen molar-refractivity contribution < 1.29 is 19.1 Å². The number of nitrogens with one attached hydrogen (secondary N) is 2. The first-order chi connectivity index (χ1) is 16.0. The third-order valence-corrected chi connectivity index (χ3v) is 7.81. The summed E-state index contributed by atoms with van der Waals surface area (Å²) in [7, 11) is 0. The van der Waals surface area contributed by atoms with Gasteiger partial charge in [-0.3, -0.25) is 14.4 Å². The zero-order valence-corrected chi connectivity index (χ0v) is 20.2. The van der Waals surface area contributed by atoms with Crippen molar-refractivity contribution in [2.45, 2.75) is 64.2 Å². The number of halogens is 1. The molecule has 0 unspecified atom stereocenters. The lowest BCUT2D eigenvalue weighted by molar-refractivity contribution is -0.147. The summed E-state index contributed by atoms with van der Waals surface area (Å²) in [4.78, 5) is 38.8. The average molecular weight is 489 g/mol. The van der Waals surface area contributed by atoms with Gasteiger partial charge in [0.25, 0.3) is 11.8 Å². The molecule has 0 spiro atoms. The number of carbonyl (C=O) groups excluding carboxylic acids is 3. The van der Waals surface area contributed by atoms with Gasteiger partial charge < -0.3 is 15.4 Å². The third kappa shape index (κ3) is 6.36. The molecule has 33 heavy (non-hydrogen) atoms. The number of hydrogen-bond donors (Lipinski definition) is 2. The molecular weight excluding hydrogens is 460 g/mol. The number of carbonyl (C=O) groups is 3. The zero-order valence-electron chi connectivity index (χ0n) is 18.6. The fourth-order valence-electron chi connectivity index (χ4n) is 4.62. The number of anilines is 2. The van der Waals surface area contributed by atoms with E-state index < -0.39 is 5.91 Å². The van der Waals surface area contributed by atoms with Gasteiger partial charge in [0, 0.05) is 22.0 Å². The summed E-state index contributed by atoms with van der Waals surface area (Å²) >= 11 is 7.37. The molecule has 0 atom stereocenters. The Morgan fingerprint density at radius 1 is 1.00 bits per heavy atom. The Balaban J connectivity index is 1.38. The van der Waals surface area contributed by atoms with E-state index in [0.717, 1.165) is 42.5 Å². The second-order valence-corrected chi connectivity index (χ2v) is 10.3. The molecule has 2 aromatic rings. The minimum atomic E-state index is -0.427. The first-order valence-electron chi connectivity index (χ1n) is 11.7. The number of ether oxygens (including phenoxy) is 1. The van der Waals surface area contributed by atoms with Crippen molar-refractivity contribution in [2.24, 2.45) is 5.92 Å². The Morgan fingerprint density at radius 3 is 2.48 bits per heavy atom. The monoisotopic (exact) mass is 488 g/mol. The van der Waals surface area contributed by atoms with Gasteiger partial charge in [-0.25, -0.2) is 0 Å². The van der Waals surface area contributed by atoms with Crippen LogP contribution in [0.4, 0.5) is 10.7 Å². The van der Waals surface area contributed by atoms with Gasteiger partial charge in [-0.2, -0.15) is 0 Å². The van der Waals surface area contributed by atoms with Crippen LogP contribution in [0.3, 0.4) is 0 Å². The topological polar surface area (TPSA) is 84.5 Å². The van der Waals surface area contributed by atoms with E-state index >= 15 is 0 Å². The molecule has 0 saturated heterocycles. The highest BCUT2D eigenvalue weighted by Crippen LogP contribution is 2.38. The molecule has 176 valence electrons. The Hall–Kier alpha value is -2.38. The molecule has 2 amide bonds. The summed E-state index contributed by atoms with van der Waals surface area (Å²) in [6.07, 6.45) is 9.79. The number of amides is 2. The minimum absolute atomic E-state index is 0.263. The van der Waals surface area contributed by atoms with Crippen LogP contribution in [-0.2, 0) is 27.2 Å². The first kappa shape index (κ1) is 23.8. The first-order valence-corrected chi connectivity index (χ1v) is 12.9. The van der Waals surface area contributed by atoms with E-state index in [4.69, 9.17) is 16.3 Å². The number of benzene rings is 1. The van der Waals surface area contributed by atoms with Crippen molar-refractivity contribution in [3.05, 3.63) is 45.3 Å². The summed E-state index contributed by atoms with van der Waals surface area (Å²) in [6.45, 7) is -0.343. The number of rotatable bonds is 8. The van der Waals surface area contributed by atoms with Gasteiger partial charge in [0.15, 0.2) is 6.61 Å². The van der Waals surface area contributed by atoms with Crippen LogP contribution >= 0.6 is 22.9 Å². The van der Waals surface area contributed by atoms with Crippen molar-refractivity contribution in [1.82, 2.24) is 0 Å². The number of hydrogen-bond acceptors (Lipinski definition) is 5. The van der Waals surface area contributed by atoms with Crippen LogP contribution in [0, 0.1) is 5.92 Å². The maximum absolute atomic E-state index is 13.1. The predicted octanol–water partition coefficient (Wildman–Crippen LogP) is 5.98. The molecule has 0 radical (unpaired) electrons. The average Bonchev–Trinajstić information content (AvgIpc) is 3.45. The maximum Gasteiger partial charge on any atom is 0.306 e. The molecule has 8 heteroatoms. The van der Waals surface area contributed by atoms with Crippen molar-refractivity contribution in [1.29, 1.82) is 0 Å². The lowest BCUT2D eigenvalue weighted by atomic mass is 9.95. The van der Waals surface area contributed by atoms with Crippen molar-refractivity contribution >= 4 is 51.4 Å². The highest BCUT2D eigenvalue weighted by molar-refractivity contribution is 7.17. The summed E-state index contributed by atoms with van der Waals surface area (Å²) in [5, 5.41) is 6.82. The fourth-order valence-corrected chi connectivity index (χ4v) is 6.05. The Morgan fingerprint density at radius 2 is 1.73 bits per heavy atom. The highest BCUT2D eigenvalue weighted by Gasteiger charge is 2.27. The van der Waals surface area contributed by atoms with E-state index in [2.05, 4.69) is 10.6 Å². The van der Waals surface area contributed by atoms with Gasteiger partial charge in [-0.05, 0) is 67.9 Å². The van der Waals surface area contributed by atoms with Crippen molar-refractivity contribution in [2.75, 3.05) is 17.2 Å². The maximum atomic E-state index is 13.1. The van der Waals surface area contributed by atoms with Gasteiger partial charge in [0.05, 0.1) is 5.56 Å². The molecule has 6 nitrogen and oxygen atoms in total. The van der Waals surface area contributed by atoms with E-state index in [0.29, 0.717) is 33.6 Å². The molecule has 0 bridgehead atoms. The molecule has 4 rings (SSSR count).